The predicted octanol–water partition coefficient (Wildman–Crippen LogP) is 0.308. The van der Waals surface area contributed by atoms with E-state index in [4.69, 9.17) is 27.9 Å². The van der Waals surface area contributed by atoms with E-state index in [2.05, 4.69) is 20.2 Å². The Morgan fingerprint density at radius 1 is 1.22 bits per heavy atom. The van der Waals surface area contributed by atoms with Crippen LogP contribution in [0.2, 0.25) is 10.0 Å². The maximum atomic E-state index is 12.6. The number of piperidine rings is 1. The van der Waals surface area contributed by atoms with Gasteiger partial charge < -0.3 is 29.8 Å². The summed E-state index contributed by atoms with van der Waals surface area (Å²) in [5, 5.41) is 16.0. The Hall–Kier alpha value is -2.15. The number of halogens is 2. The van der Waals surface area contributed by atoms with Gasteiger partial charge in [0.25, 0.3) is 5.91 Å². The van der Waals surface area contributed by atoms with Gasteiger partial charge in [-0.25, -0.2) is 4.98 Å². The molecule has 2 aliphatic rings. The number of carbonyl (C=O) groups is 2. The molecule has 184 valence electrons. The SMILES string of the molecule is CCOc1ccc(Cc2nc(N3C[C@@H]4[C@H](C3)[C@@H]4NC(=O)c3[nH]c(C)c(Cl)c3Cl)sc2C(=O)[O-])cc1.[Li+]. The molecule has 8 nitrogen and oxygen atoms in total. The largest absolute Gasteiger partial charge is 1.00 e. The molecule has 0 bridgehead atoms. The first-order valence-corrected chi connectivity index (χ1v) is 12.9. The van der Waals surface area contributed by atoms with Crippen molar-refractivity contribution >= 4 is 51.5 Å². The Morgan fingerprint density at radius 2 is 1.89 bits per heavy atom. The van der Waals surface area contributed by atoms with Crippen LogP contribution in [-0.2, 0) is 6.42 Å². The summed E-state index contributed by atoms with van der Waals surface area (Å²) < 4.78 is 5.46. The van der Waals surface area contributed by atoms with Crippen molar-refractivity contribution in [1.82, 2.24) is 15.3 Å². The predicted molar refractivity (Wildman–Crippen MR) is 133 cm³/mol. The number of fused-ring (bicyclic) bond motifs is 1. The Bertz CT molecular complexity index is 1280. The van der Waals surface area contributed by atoms with Gasteiger partial charge in [0.15, 0.2) is 5.13 Å². The summed E-state index contributed by atoms with van der Waals surface area (Å²) in [6, 6.07) is 7.59. The second-order valence-electron chi connectivity index (χ2n) is 8.80. The third-order valence-electron chi connectivity index (χ3n) is 6.52. The number of H-pyrrole nitrogens is 1. The zero-order valence-corrected chi connectivity index (χ0v) is 22.4. The van der Waals surface area contributed by atoms with E-state index < -0.39 is 5.97 Å². The number of hydrogen-bond donors (Lipinski definition) is 2. The van der Waals surface area contributed by atoms with Gasteiger partial charge in [0.1, 0.15) is 11.4 Å². The minimum Gasteiger partial charge on any atom is -0.544 e. The number of nitrogens with zero attached hydrogens (tertiary/aromatic N) is 2. The smallest absolute Gasteiger partial charge is 0.544 e. The number of amides is 1. The van der Waals surface area contributed by atoms with E-state index in [-0.39, 0.29) is 58.2 Å². The number of hydrogen-bond acceptors (Lipinski definition) is 7. The molecule has 2 fully saturated rings. The molecule has 0 radical (unpaired) electrons. The molecular weight excluding hydrogens is 518 g/mol. The van der Waals surface area contributed by atoms with Crippen LogP contribution in [0, 0.1) is 18.8 Å². The normalized spacial score (nSPS) is 20.0. The molecule has 2 aromatic heterocycles. The summed E-state index contributed by atoms with van der Waals surface area (Å²) in [7, 11) is 0. The topological polar surface area (TPSA) is 110 Å². The molecule has 1 aliphatic heterocycles. The van der Waals surface area contributed by atoms with Crippen molar-refractivity contribution in [3.05, 3.63) is 61.8 Å². The Kier molecular flexibility index (Phi) is 7.98. The molecule has 1 aliphatic carbocycles. The van der Waals surface area contributed by atoms with Gasteiger partial charge in [0.05, 0.1) is 33.2 Å². The van der Waals surface area contributed by atoms with Gasteiger partial charge in [-0.1, -0.05) is 46.7 Å². The number of rotatable bonds is 8. The minimum atomic E-state index is -1.22. The van der Waals surface area contributed by atoms with E-state index in [1.165, 1.54) is 0 Å². The van der Waals surface area contributed by atoms with Crippen LogP contribution in [-0.4, -0.2) is 47.6 Å². The number of ether oxygens (including phenoxy) is 1. The van der Waals surface area contributed by atoms with Gasteiger partial charge in [-0.15, -0.1) is 0 Å². The van der Waals surface area contributed by atoms with Gasteiger partial charge in [0.2, 0.25) is 0 Å². The number of aromatic nitrogens is 2. The van der Waals surface area contributed by atoms with Crippen LogP contribution in [0.1, 0.15) is 44.0 Å². The van der Waals surface area contributed by atoms with Crippen LogP contribution >= 0.6 is 34.5 Å². The van der Waals surface area contributed by atoms with Crippen molar-refractivity contribution in [2.45, 2.75) is 26.3 Å². The van der Waals surface area contributed by atoms with Crippen molar-refractivity contribution in [3.63, 3.8) is 0 Å². The van der Waals surface area contributed by atoms with Crippen molar-refractivity contribution in [2.24, 2.45) is 11.8 Å². The molecule has 2 N–H and O–H groups in total. The zero-order valence-electron chi connectivity index (χ0n) is 20.1. The van der Waals surface area contributed by atoms with E-state index in [1.807, 2.05) is 31.2 Å². The third-order valence-corrected chi connectivity index (χ3v) is 8.61. The molecule has 1 amide bonds. The number of carboxylic acids is 1. The molecule has 3 heterocycles. The maximum Gasteiger partial charge on any atom is 1.00 e. The minimum absolute atomic E-state index is 0. The van der Waals surface area contributed by atoms with Crippen LogP contribution in [0.4, 0.5) is 5.13 Å². The molecule has 36 heavy (non-hydrogen) atoms. The van der Waals surface area contributed by atoms with Crippen LogP contribution in [0.25, 0.3) is 0 Å². The Balaban J connectivity index is 0.00000304. The molecule has 1 saturated carbocycles. The molecule has 3 aromatic rings. The van der Waals surface area contributed by atoms with Crippen LogP contribution in [0.5, 0.6) is 5.75 Å². The van der Waals surface area contributed by atoms with E-state index >= 15 is 0 Å². The van der Waals surface area contributed by atoms with Crippen molar-refractivity contribution in [1.29, 1.82) is 0 Å². The maximum absolute atomic E-state index is 12.6. The molecule has 5 rings (SSSR count). The number of anilines is 1. The number of carbonyl (C=O) groups excluding carboxylic acids is 2. The quantitative estimate of drug-likeness (QED) is 0.398. The molecule has 1 saturated heterocycles. The summed E-state index contributed by atoms with van der Waals surface area (Å²) in [5.74, 6) is -0.184. The van der Waals surface area contributed by atoms with Gasteiger partial charge in [-0.2, -0.15) is 0 Å². The second kappa shape index (κ2) is 10.7. The van der Waals surface area contributed by atoms with Gasteiger partial charge >= 0.3 is 18.9 Å². The summed E-state index contributed by atoms with van der Waals surface area (Å²) in [5.41, 5.74) is 2.36. The van der Waals surface area contributed by atoms with Crippen LogP contribution in [0.3, 0.4) is 0 Å². The van der Waals surface area contributed by atoms with Gasteiger partial charge in [-0.3, -0.25) is 4.79 Å². The molecule has 1 aromatic carbocycles. The van der Waals surface area contributed by atoms with E-state index in [1.54, 1.807) is 6.92 Å². The van der Waals surface area contributed by atoms with Crippen molar-refractivity contribution < 1.29 is 38.3 Å². The number of aromatic amines is 1. The first-order chi connectivity index (χ1) is 16.8. The van der Waals surface area contributed by atoms with Crippen LogP contribution < -0.4 is 38.9 Å². The number of aryl methyl sites for hydroxylation is 1. The van der Waals surface area contributed by atoms with E-state index in [0.717, 1.165) is 22.6 Å². The summed E-state index contributed by atoms with van der Waals surface area (Å²) >= 11 is 13.4. The molecule has 3 atom stereocenters. The van der Waals surface area contributed by atoms with Gasteiger partial charge in [-0.05, 0) is 31.5 Å². The molecule has 0 spiro atoms. The summed E-state index contributed by atoms with van der Waals surface area (Å²) in [4.78, 5) is 34.2. The Labute approximate surface area is 234 Å². The van der Waals surface area contributed by atoms with E-state index in [0.29, 0.717) is 47.7 Å². The number of aromatic carboxylic acids is 1. The number of nitrogens with one attached hydrogen (secondary N) is 2. The first-order valence-electron chi connectivity index (χ1n) is 11.3. The molecule has 0 unspecified atom stereocenters. The van der Waals surface area contributed by atoms with Crippen molar-refractivity contribution in [2.75, 3.05) is 24.6 Å². The zero-order chi connectivity index (χ0) is 24.9. The fourth-order valence-corrected chi connectivity index (χ4v) is 6.02. The second-order valence-corrected chi connectivity index (χ2v) is 10.5. The molecular formula is C24H23Cl2LiN4O4S. The first kappa shape index (κ1) is 26.9. The third kappa shape index (κ3) is 5.13. The molecule has 12 heteroatoms. The fraction of sp³-hybridized carbons (Fsp3) is 0.375. The summed E-state index contributed by atoms with van der Waals surface area (Å²) in [6.07, 6.45) is 0.393. The number of carboxylic acid groups (broad SMARTS) is 1. The monoisotopic (exact) mass is 540 g/mol. The Morgan fingerprint density at radius 3 is 2.44 bits per heavy atom. The summed E-state index contributed by atoms with van der Waals surface area (Å²) in [6.45, 7) is 5.64. The number of benzene rings is 1. The average molecular weight is 541 g/mol. The van der Waals surface area contributed by atoms with E-state index in [9.17, 15) is 14.7 Å². The van der Waals surface area contributed by atoms with Crippen LogP contribution in [0.15, 0.2) is 24.3 Å². The average Bonchev–Trinajstić information content (AvgIpc) is 3.20. The standard InChI is InChI=1S/C24H24Cl2N4O4S.Li/c1-3-34-13-6-4-12(5-7-13)8-16-21(23(32)33)35-24(28-16)30-9-14-15(10-30)19(14)29-22(31)20-18(26)17(25)11(2)27-20;/h4-7,14-15,19,27H,3,8-10H2,1-2H3,(H,29,31)(H,32,33);/q;+1/p-1/t14-,15+,19-;. The van der Waals surface area contributed by atoms with Gasteiger partial charge in [0, 0.05) is 43.1 Å². The fourth-order valence-electron chi connectivity index (χ4n) is 4.67. The number of thiazole rings is 1. The van der Waals surface area contributed by atoms with Crippen molar-refractivity contribution in [3.8, 4) is 5.75 Å².